The van der Waals surface area contributed by atoms with E-state index in [0.717, 1.165) is 50.5 Å². The van der Waals surface area contributed by atoms with Crippen molar-refractivity contribution >= 4 is 17.6 Å². The summed E-state index contributed by atoms with van der Waals surface area (Å²) in [6.45, 7) is 4.15. The number of anilines is 1. The van der Waals surface area contributed by atoms with Gasteiger partial charge >= 0.3 is 0 Å². The van der Waals surface area contributed by atoms with Crippen LogP contribution in [0.25, 0.3) is 0 Å². The van der Waals surface area contributed by atoms with Gasteiger partial charge in [-0.05, 0) is 24.5 Å². The topological polar surface area (TPSA) is 36.9 Å². The van der Waals surface area contributed by atoms with Crippen molar-refractivity contribution in [1.82, 2.24) is 5.32 Å². The molecule has 0 spiro atoms. The smallest absolute Gasteiger partial charge is 0.121 e. The summed E-state index contributed by atoms with van der Waals surface area (Å²) in [7, 11) is 1.73. The molecule has 2 aliphatic rings. The Balaban J connectivity index is 2.03. The standard InChI is InChI=1S/C14H19N3O/c1-18-12-9-11-3-2-4-16-14(11)13(10-12)17-7-5-15-6-8-17/h4,9-10,15H,2-3,5-8H2,1H3. The molecule has 0 atom stereocenters. The average Bonchev–Trinajstić information content (AvgIpc) is 2.47. The van der Waals surface area contributed by atoms with Crippen molar-refractivity contribution < 1.29 is 4.74 Å². The molecule has 1 N–H and O–H groups in total. The fourth-order valence-corrected chi connectivity index (χ4v) is 2.63. The maximum atomic E-state index is 5.42. The second-order valence-corrected chi connectivity index (χ2v) is 4.74. The molecule has 3 rings (SSSR count). The Bertz CT molecular complexity index is 464. The van der Waals surface area contributed by atoms with Gasteiger partial charge in [0.1, 0.15) is 5.75 Å². The van der Waals surface area contributed by atoms with Crippen LogP contribution in [0.3, 0.4) is 0 Å². The van der Waals surface area contributed by atoms with E-state index >= 15 is 0 Å². The molecule has 18 heavy (non-hydrogen) atoms. The summed E-state index contributed by atoms with van der Waals surface area (Å²) >= 11 is 0. The fraction of sp³-hybridized carbons (Fsp3) is 0.500. The number of aliphatic imine (C=N–C) groups is 1. The minimum absolute atomic E-state index is 0.944. The van der Waals surface area contributed by atoms with Crippen molar-refractivity contribution in [2.75, 3.05) is 38.2 Å². The summed E-state index contributed by atoms with van der Waals surface area (Å²) in [5.74, 6) is 0.944. The molecule has 4 heteroatoms. The van der Waals surface area contributed by atoms with Crippen LogP contribution in [0.2, 0.25) is 0 Å². The van der Waals surface area contributed by atoms with E-state index in [9.17, 15) is 0 Å². The zero-order valence-electron chi connectivity index (χ0n) is 10.8. The quantitative estimate of drug-likeness (QED) is 0.862. The third kappa shape index (κ3) is 2.08. The highest BCUT2D eigenvalue weighted by atomic mass is 16.5. The first kappa shape index (κ1) is 11.5. The van der Waals surface area contributed by atoms with Crippen molar-refractivity contribution in [3.8, 4) is 5.75 Å². The summed E-state index contributed by atoms with van der Waals surface area (Å²) < 4.78 is 5.42. The number of piperazine rings is 1. The first-order valence-corrected chi connectivity index (χ1v) is 6.57. The predicted molar refractivity (Wildman–Crippen MR) is 74.5 cm³/mol. The number of hydrogen-bond acceptors (Lipinski definition) is 4. The van der Waals surface area contributed by atoms with Gasteiger partial charge in [0.05, 0.1) is 18.5 Å². The Labute approximate surface area is 108 Å². The van der Waals surface area contributed by atoms with Crippen molar-refractivity contribution in [3.63, 3.8) is 0 Å². The SMILES string of the molecule is COc1cc2c(c(N3CCNCC3)c1)N=CCC2. The van der Waals surface area contributed by atoms with Gasteiger partial charge in [0.25, 0.3) is 0 Å². The van der Waals surface area contributed by atoms with Crippen LogP contribution in [-0.4, -0.2) is 39.5 Å². The van der Waals surface area contributed by atoms with Gasteiger partial charge in [-0.25, -0.2) is 0 Å². The number of methoxy groups -OCH3 is 1. The highest BCUT2D eigenvalue weighted by Gasteiger charge is 2.19. The molecule has 1 saturated heterocycles. The normalized spacial score (nSPS) is 18.6. The average molecular weight is 245 g/mol. The van der Waals surface area contributed by atoms with E-state index in [1.165, 1.54) is 11.3 Å². The molecular formula is C14H19N3O. The second kappa shape index (κ2) is 4.98. The monoisotopic (exact) mass is 245 g/mol. The van der Waals surface area contributed by atoms with Gasteiger partial charge < -0.3 is 15.0 Å². The summed E-state index contributed by atoms with van der Waals surface area (Å²) in [5, 5.41) is 3.38. The van der Waals surface area contributed by atoms with Crippen LogP contribution in [0.1, 0.15) is 12.0 Å². The number of aryl methyl sites for hydroxylation is 1. The molecule has 0 radical (unpaired) electrons. The van der Waals surface area contributed by atoms with Crippen molar-refractivity contribution in [1.29, 1.82) is 0 Å². The second-order valence-electron chi connectivity index (χ2n) is 4.74. The van der Waals surface area contributed by atoms with E-state index in [1.807, 2.05) is 6.21 Å². The zero-order chi connectivity index (χ0) is 12.4. The Hall–Kier alpha value is -1.55. The minimum Gasteiger partial charge on any atom is -0.497 e. The predicted octanol–water partition coefficient (Wildman–Crippen LogP) is 1.75. The van der Waals surface area contributed by atoms with Crippen molar-refractivity contribution in [2.45, 2.75) is 12.8 Å². The lowest BCUT2D eigenvalue weighted by molar-refractivity contribution is 0.414. The van der Waals surface area contributed by atoms with E-state index in [-0.39, 0.29) is 0 Å². The van der Waals surface area contributed by atoms with E-state index in [1.54, 1.807) is 7.11 Å². The molecule has 0 saturated carbocycles. The van der Waals surface area contributed by atoms with Gasteiger partial charge in [-0.1, -0.05) is 0 Å². The molecule has 1 aromatic rings. The molecule has 96 valence electrons. The third-order valence-electron chi connectivity index (χ3n) is 3.60. The maximum Gasteiger partial charge on any atom is 0.121 e. The van der Waals surface area contributed by atoms with Crippen LogP contribution < -0.4 is 15.0 Å². The molecule has 4 nitrogen and oxygen atoms in total. The first-order valence-electron chi connectivity index (χ1n) is 6.57. The van der Waals surface area contributed by atoms with Crippen molar-refractivity contribution in [3.05, 3.63) is 17.7 Å². The largest absolute Gasteiger partial charge is 0.497 e. The van der Waals surface area contributed by atoms with Gasteiger partial charge in [0.15, 0.2) is 0 Å². The number of fused-ring (bicyclic) bond motifs is 1. The lowest BCUT2D eigenvalue weighted by atomic mass is 10.0. The molecular weight excluding hydrogens is 226 g/mol. The number of rotatable bonds is 2. The lowest BCUT2D eigenvalue weighted by Gasteiger charge is -2.31. The Morgan fingerprint density at radius 1 is 1.28 bits per heavy atom. The van der Waals surface area contributed by atoms with Gasteiger partial charge in [0, 0.05) is 38.5 Å². The van der Waals surface area contributed by atoms with Crippen LogP contribution in [0.15, 0.2) is 17.1 Å². The number of ether oxygens (including phenoxy) is 1. The van der Waals surface area contributed by atoms with Crippen LogP contribution in [-0.2, 0) is 6.42 Å². The maximum absolute atomic E-state index is 5.42. The summed E-state index contributed by atoms with van der Waals surface area (Å²) in [4.78, 5) is 7.00. The highest BCUT2D eigenvalue weighted by Crippen LogP contribution is 2.38. The lowest BCUT2D eigenvalue weighted by Crippen LogP contribution is -2.43. The number of hydrogen-bond donors (Lipinski definition) is 1. The van der Waals surface area contributed by atoms with Gasteiger partial charge in [-0.3, -0.25) is 4.99 Å². The molecule has 0 aliphatic carbocycles. The molecule has 0 amide bonds. The van der Waals surface area contributed by atoms with E-state index in [0.29, 0.717) is 0 Å². The summed E-state index contributed by atoms with van der Waals surface area (Å²) in [6, 6.07) is 4.24. The molecule has 2 heterocycles. The van der Waals surface area contributed by atoms with Gasteiger partial charge in [-0.2, -0.15) is 0 Å². The van der Waals surface area contributed by atoms with E-state index in [2.05, 4.69) is 27.3 Å². The Morgan fingerprint density at radius 3 is 2.89 bits per heavy atom. The first-order chi connectivity index (χ1) is 8.88. The molecule has 0 aromatic heterocycles. The fourth-order valence-electron chi connectivity index (χ4n) is 2.63. The molecule has 0 unspecified atom stereocenters. The molecule has 2 aliphatic heterocycles. The summed E-state index contributed by atoms with van der Waals surface area (Å²) in [5.41, 5.74) is 3.68. The zero-order valence-corrected chi connectivity index (χ0v) is 10.8. The van der Waals surface area contributed by atoms with Crippen LogP contribution in [0.4, 0.5) is 11.4 Å². The Morgan fingerprint density at radius 2 is 2.11 bits per heavy atom. The van der Waals surface area contributed by atoms with Crippen LogP contribution in [0, 0.1) is 0 Å². The van der Waals surface area contributed by atoms with Crippen LogP contribution >= 0.6 is 0 Å². The number of nitrogens with zero attached hydrogens (tertiary/aromatic N) is 2. The number of nitrogens with one attached hydrogen (secondary N) is 1. The highest BCUT2D eigenvalue weighted by molar-refractivity contribution is 5.80. The summed E-state index contributed by atoms with van der Waals surface area (Å²) in [6.07, 6.45) is 4.12. The molecule has 1 aromatic carbocycles. The number of benzene rings is 1. The van der Waals surface area contributed by atoms with Crippen LogP contribution in [0.5, 0.6) is 5.75 Å². The van der Waals surface area contributed by atoms with Gasteiger partial charge in [-0.15, -0.1) is 0 Å². The van der Waals surface area contributed by atoms with Crippen molar-refractivity contribution in [2.24, 2.45) is 4.99 Å². The van der Waals surface area contributed by atoms with Gasteiger partial charge in [0.2, 0.25) is 0 Å². The third-order valence-corrected chi connectivity index (χ3v) is 3.60. The minimum atomic E-state index is 0.944. The molecule has 0 bridgehead atoms. The molecule has 1 fully saturated rings. The van der Waals surface area contributed by atoms with E-state index in [4.69, 9.17) is 4.74 Å². The van der Waals surface area contributed by atoms with E-state index < -0.39 is 0 Å². The Kier molecular flexibility index (Phi) is 3.19.